The van der Waals surface area contributed by atoms with Crippen LogP contribution in [0.25, 0.3) is 0 Å². The number of benzene rings is 1. The summed E-state index contributed by atoms with van der Waals surface area (Å²) in [7, 11) is 0. The molecule has 1 aliphatic heterocycles. The van der Waals surface area contributed by atoms with Crippen molar-refractivity contribution in [1.82, 2.24) is 10.2 Å². The van der Waals surface area contributed by atoms with Crippen LogP contribution in [0.2, 0.25) is 0 Å². The number of ether oxygens (including phenoxy) is 2. The molecule has 128 valence electrons. The van der Waals surface area contributed by atoms with Gasteiger partial charge in [0.2, 0.25) is 0 Å². The summed E-state index contributed by atoms with van der Waals surface area (Å²) in [6.45, 7) is 11.6. The summed E-state index contributed by atoms with van der Waals surface area (Å²) in [5.74, 6) is 0.867. The van der Waals surface area contributed by atoms with Crippen LogP contribution in [0.5, 0.6) is 5.75 Å². The molecular formula is C18H28N2O3. The van der Waals surface area contributed by atoms with Gasteiger partial charge < -0.3 is 19.7 Å². The van der Waals surface area contributed by atoms with E-state index in [1.165, 1.54) is 0 Å². The van der Waals surface area contributed by atoms with E-state index in [0.717, 1.165) is 17.9 Å². The average Bonchev–Trinajstić information content (AvgIpc) is 2.45. The van der Waals surface area contributed by atoms with Crippen LogP contribution in [0.15, 0.2) is 24.3 Å². The van der Waals surface area contributed by atoms with E-state index >= 15 is 0 Å². The first-order valence-electron chi connectivity index (χ1n) is 8.23. The molecule has 0 bridgehead atoms. The lowest BCUT2D eigenvalue weighted by Gasteiger charge is -2.35. The highest BCUT2D eigenvalue weighted by atomic mass is 16.6. The van der Waals surface area contributed by atoms with Crippen LogP contribution in [-0.4, -0.2) is 42.3 Å². The Labute approximate surface area is 139 Å². The summed E-state index contributed by atoms with van der Waals surface area (Å²) in [6.07, 6.45) is -0.145. The standard InChI is InChI=1S/C18H28N2O3/c1-13(2)22-16-9-7-6-8-14(16)15-12-20(11-10-19-15)17(21)23-18(3,4)5/h6-9,13,15,19H,10-12H2,1-5H3/t15-/m1/s1. The Morgan fingerprint density at radius 2 is 2.00 bits per heavy atom. The highest BCUT2D eigenvalue weighted by molar-refractivity contribution is 5.68. The monoisotopic (exact) mass is 320 g/mol. The Hall–Kier alpha value is -1.75. The fourth-order valence-corrected chi connectivity index (χ4v) is 2.58. The van der Waals surface area contributed by atoms with Crippen molar-refractivity contribution in [2.24, 2.45) is 0 Å². The molecule has 1 atom stereocenters. The molecule has 0 spiro atoms. The first-order chi connectivity index (χ1) is 10.8. The van der Waals surface area contributed by atoms with Crippen molar-refractivity contribution in [1.29, 1.82) is 0 Å². The number of hydrogen-bond donors (Lipinski definition) is 1. The van der Waals surface area contributed by atoms with Crippen molar-refractivity contribution in [2.75, 3.05) is 19.6 Å². The van der Waals surface area contributed by atoms with Crippen molar-refractivity contribution in [3.63, 3.8) is 0 Å². The first-order valence-corrected chi connectivity index (χ1v) is 8.23. The molecule has 0 saturated carbocycles. The molecule has 1 N–H and O–H groups in total. The van der Waals surface area contributed by atoms with Crippen molar-refractivity contribution >= 4 is 6.09 Å². The van der Waals surface area contributed by atoms with Gasteiger partial charge in [-0.3, -0.25) is 0 Å². The molecule has 0 radical (unpaired) electrons. The number of piperazine rings is 1. The first kappa shape index (κ1) is 17.6. The van der Waals surface area contributed by atoms with E-state index in [9.17, 15) is 4.79 Å². The third-order valence-corrected chi connectivity index (χ3v) is 3.48. The van der Waals surface area contributed by atoms with Gasteiger partial charge in [0.1, 0.15) is 11.4 Å². The van der Waals surface area contributed by atoms with Crippen LogP contribution < -0.4 is 10.1 Å². The lowest BCUT2D eigenvalue weighted by Crippen LogP contribution is -2.49. The zero-order chi connectivity index (χ0) is 17.0. The molecule has 0 aromatic heterocycles. The van der Waals surface area contributed by atoms with Gasteiger partial charge >= 0.3 is 6.09 Å². The molecule has 0 unspecified atom stereocenters. The molecule has 1 amide bonds. The van der Waals surface area contributed by atoms with Gasteiger partial charge in [-0.25, -0.2) is 4.79 Å². The Bertz CT molecular complexity index is 537. The number of nitrogens with zero attached hydrogens (tertiary/aromatic N) is 1. The maximum atomic E-state index is 12.3. The second kappa shape index (κ2) is 7.21. The third kappa shape index (κ3) is 5.13. The van der Waals surface area contributed by atoms with Crippen molar-refractivity contribution in [2.45, 2.75) is 52.4 Å². The predicted octanol–water partition coefficient (Wildman–Crippen LogP) is 3.36. The van der Waals surface area contributed by atoms with Crippen LogP contribution >= 0.6 is 0 Å². The van der Waals surface area contributed by atoms with Gasteiger partial charge in [-0.1, -0.05) is 18.2 Å². The molecule has 5 nitrogen and oxygen atoms in total. The van der Waals surface area contributed by atoms with Gasteiger partial charge in [-0.2, -0.15) is 0 Å². The summed E-state index contributed by atoms with van der Waals surface area (Å²) < 4.78 is 11.4. The summed E-state index contributed by atoms with van der Waals surface area (Å²) in [6, 6.07) is 8.04. The molecular weight excluding hydrogens is 292 g/mol. The molecule has 23 heavy (non-hydrogen) atoms. The molecule has 1 saturated heterocycles. The molecule has 5 heteroatoms. The highest BCUT2D eigenvalue weighted by Crippen LogP contribution is 2.28. The van der Waals surface area contributed by atoms with E-state index < -0.39 is 5.60 Å². The smallest absolute Gasteiger partial charge is 0.410 e. The third-order valence-electron chi connectivity index (χ3n) is 3.48. The van der Waals surface area contributed by atoms with Gasteiger partial charge in [0.15, 0.2) is 0 Å². The number of hydrogen-bond acceptors (Lipinski definition) is 4. The minimum Gasteiger partial charge on any atom is -0.491 e. The zero-order valence-corrected chi connectivity index (χ0v) is 14.8. The Morgan fingerprint density at radius 1 is 1.30 bits per heavy atom. The lowest BCUT2D eigenvalue weighted by molar-refractivity contribution is 0.0193. The summed E-state index contributed by atoms with van der Waals surface area (Å²) >= 11 is 0. The van der Waals surface area contributed by atoms with E-state index in [2.05, 4.69) is 5.32 Å². The number of para-hydroxylation sites is 1. The quantitative estimate of drug-likeness (QED) is 0.928. The van der Waals surface area contributed by atoms with Gasteiger partial charge in [-0.15, -0.1) is 0 Å². The summed E-state index contributed by atoms with van der Waals surface area (Å²) in [4.78, 5) is 14.1. The normalized spacial score (nSPS) is 18.9. The van der Waals surface area contributed by atoms with Crippen LogP contribution in [0, 0.1) is 0 Å². The van der Waals surface area contributed by atoms with Gasteiger partial charge in [0.05, 0.1) is 12.1 Å². The highest BCUT2D eigenvalue weighted by Gasteiger charge is 2.29. The molecule has 1 fully saturated rings. The van der Waals surface area contributed by atoms with Crippen molar-refractivity contribution in [3.8, 4) is 5.75 Å². The minimum absolute atomic E-state index is 0.0474. The van der Waals surface area contributed by atoms with Crippen LogP contribution in [0.4, 0.5) is 4.79 Å². The number of amides is 1. The number of nitrogens with one attached hydrogen (secondary N) is 1. The Morgan fingerprint density at radius 3 is 2.65 bits per heavy atom. The largest absolute Gasteiger partial charge is 0.491 e. The fourth-order valence-electron chi connectivity index (χ4n) is 2.58. The second-order valence-electron chi connectivity index (χ2n) is 7.14. The maximum absolute atomic E-state index is 12.3. The van der Waals surface area contributed by atoms with Crippen molar-refractivity contribution in [3.05, 3.63) is 29.8 Å². The topological polar surface area (TPSA) is 50.8 Å². The number of carbonyl (C=O) groups excluding carboxylic acids is 1. The average molecular weight is 320 g/mol. The molecule has 0 aliphatic carbocycles. The maximum Gasteiger partial charge on any atom is 0.410 e. The molecule has 1 heterocycles. The number of carbonyl (C=O) groups is 1. The zero-order valence-electron chi connectivity index (χ0n) is 14.8. The van der Waals surface area contributed by atoms with Gasteiger partial charge in [-0.05, 0) is 40.7 Å². The van der Waals surface area contributed by atoms with E-state index in [-0.39, 0.29) is 18.2 Å². The fraction of sp³-hybridized carbons (Fsp3) is 0.611. The van der Waals surface area contributed by atoms with E-state index in [0.29, 0.717) is 13.1 Å². The molecule has 1 aromatic carbocycles. The van der Waals surface area contributed by atoms with Gasteiger partial charge in [0, 0.05) is 25.2 Å². The van der Waals surface area contributed by atoms with Crippen LogP contribution in [-0.2, 0) is 4.74 Å². The SMILES string of the molecule is CC(C)Oc1ccccc1[C@H]1CN(C(=O)OC(C)(C)C)CCN1. The molecule has 2 rings (SSSR count). The Kier molecular flexibility index (Phi) is 5.52. The molecule has 1 aliphatic rings. The van der Waals surface area contributed by atoms with Crippen molar-refractivity contribution < 1.29 is 14.3 Å². The summed E-state index contributed by atoms with van der Waals surface area (Å²) in [5, 5.41) is 3.47. The minimum atomic E-state index is -0.476. The van der Waals surface area contributed by atoms with E-state index in [1.807, 2.05) is 58.9 Å². The summed E-state index contributed by atoms with van der Waals surface area (Å²) in [5.41, 5.74) is 0.602. The number of rotatable bonds is 3. The van der Waals surface area contributed by atoms with Crippen LogP contribution in [0.3, 0.4) is 0 Å². The van der Waals surface area contributed by atoms with Crippen LogP contribution in [0.1, 0.15) is 46.2 Å². The van der Waals surface area contributed by atoms with Gasteiger partial charge in [0.25, 0.3) is 0 Å². The van der Waals surface area contributed by atoms with E-state index in [4.69, 9.17) is 9.47 Å². The molecule has 1 aromatic rings. The second-order valence-corrected chi connectivity index (χ2v) is 7.14. The lowest BCUT2D eigenvalue weighted by atomic mass is 10.0. The predicted molar refractivity (Wildman–Crippen MR) is 90.8 cm³/mol. The van der Waals surface area contributed by atoms with E-state index in [1.54, 1.807) is 4.90 Å². The Balaban J connectivity index is 2.11.